The van der Waals surface area contributed by atoms with Gasteiger partial charge in [-0.2, -0.15) is 22.0 Å². The Hall–Kier alpha value is 0.300. The van der Waals surface area contributed by atoms with Gasteiger partial charge in [0, 0.05) is 11.5 Å². The van der Waals surface area contributed by atoms with Crippen molar-refractivity contribution >= 4 is 23.5 Å². The second-order valence-corrected chi connectivity index (χ2v) is 6.25. The zero-order valence-corrected chi connectivity index (χ0v) is 12.2. The molecule has 0 N–H and O–H groups in total. The molecule has 0 unspecified atom stereocenters. The summed E-state index contributed by atoms with van der Waals surface area (Å²) in [6.45, 7) is 8.56. The third kappa shape index (κ3) is 6.46. The number of thioether (sulfide) groups is 2. The zero-order chi connectivity index (χ0) is 11.7. The standard InChI is InChI=1S/C11H24N2S2/c1-6-11(7-2,13-12-10(3)4)15-9-8-14-5/h10H,6-9H2,1-5H3/b13-12+. The SMILES string of the molecule is CCC(CC)(/N=N/C(C)C)SCCSC. The topological polar surface area (TPSA) is 24.7 Å². The van der Waals surface area contributed by atoms with Crippen LogP contribution in [0.2, 0.25) is 0 Å². The van der Waals surface area contributed by atoms with E-state index in [0.29, 0.717) is 6.04 Å². The van der Waals surface area contributed by atoms with Gasteiger partial charge in [-0.05, 0) is 32.9 Å². The third-order valence-corrected chi connectivity index (χ3v) is 4.71. The molecular formula is C11H24N2S2. The van der Waals surface area contributed by atoms with Gasteiger partial charge in [-0.1, -0.05) is 13.8 Å². The number of rotatable bonds is 8. The molecule has 0 aliphatic carbocycles. The predicted molar refractivity (Wildman–Crippen MR) is 74.1 cm³/mol. The summed E-state index contributed by atoms with van der Waals surface area (Å²) in [5.74, 6) is 2.36. The minimum atomic E-state index is 0.0278. The fourth-order valence-electron chi connectivity index (χ4n) is 1.16. The second kappa shape index (κ2) is 8.45. The molecule has 4 heteroatoms. The van der Waals surface area contributed by atoms with E-state index in [1.54, 1.807) is 0 Å². The molecule has 0 bridgehead atoms. The van der Waals surface area contributed by atoms with Crippen molar-refractivity contribution in [1.82, 2.24) is 0 Å². The minimum absolute atomic E-state index is 0.0278. The molecule has 0 aliphatic rings. The van der Waals surface area contributed by atoms with Gasteiger partial charge in [-0.15, -0.1) is 11.8 Å². The van der Waals surface area contributed by atoms with Gasteiger partial charge in [-0.3, -0.25) is 0 Å². The lowest BCUT2D eigenvalue weighted by atomic mass is 10.2. The second-order valence-electron chi connectivity index (χ2n) is 3.80. The fourth-order valence-corrected chi connectivity index (χ4v) is 3.05. The molecule has 0 fully saturated rings. The van der Waals surface area contributed by atoms with Crippen LogP contribution in [-0.4, -0.2) is 28.7 Å². The van der Waals surface area contributed by atoms with Gasteiger partial charge < -0.3 is 0 Å². The molecule has 2 nitrogen and oxygen atoms in total. The average molecular weight is 248 g/mol. The Morgan fingerprint density at radius 3 is 2.13 bits per heavy atom. The summed E-state index contributed by atoms with van der Waals surface area (Å²) in [4.78, 5) is 0.0278. The van der Waals surface area contributed by atoms with E-state index < -0.39 is 0 Å². The highest BCUT2D eigenvalue weighted by atomic mass is 32.2. The predicted octanol–water partition coefficient (Wildman–Crippen LogP) is 4.46. The molecule has 90 valence electrons. The van der Waals surface area contributed by atoms with E-state index in [0.717, 1.165) is 12.8 Å². The van der Waals surface area contributed by atoms with E-state index in [1.165, 1.54) is 11.5 Å². The highest BCUT2D eigenvalue weighted by molar-refractivity contribution is 8.03. The Morgan fingerprint density at radius 2 is 1.73 bits per heavy atom. The first-order valence-corrected chi connectivity index (χ1v) is 8.03. The first kappa shape index (κ1) is 15.3. The van der Waals surface area contributed by atoms with Crippen LogP contribution in [0.1, 0.15) is 40.5 Å². The number of hydrogen-bond acceptors (Lipinski definition) is 4. The Labute approximate surface area is 103 Å². The maximum Gasteiger partial charge on any atom is 0.126 e. The van der Waals surface area contributed by atoms with Gasteiger partial charge in [0.2, 0.25) is 0 Å². The molecule has 0 aromatic carbocycles. The van der Waals surface area contributed by atoms with Crippen molar-refractivity contribution in [3.63, 3.8) is 0 Å². The summed E-state index contributed by atoms with van der Waals surface area (Å²) in [5.41, 5.74) is 0. The molecule has 0 atom stereocenters. The Balaban J connectivity index is 4.29. The van der Waals surface area contributed by atoms with Crippen LogP contribution < -0.4 is 0 Å². The summed E-state index contributed by atoms with van der Waals surface area (Å²) in [7, 11) is 0. The van der Waals surface area contributed by atoms with E-state index >= 15 is 0 Å². The van der Waals surface area contributed by atoms with Crippen LogP contribution >= 0.6 is 23.5 Å². The maximum absolute atomic E-state index is 4.54. The van der Waals surface area contributed by atoms with Crippen LogP contribution in [0.5, 0.6) is 0 Å². The third-order valence-electron chi connectivity index (χ3n) is 2.23. The Bertz CT molecular complexity index is 177. The average Bonchev–Trinajstić information content (AvgIpc) is 2.23. The monoisotopic (exact) mass is 248 g/mol. The van der Waals surface area contributed by atoms with Crippen molar-refractivity contribution in [3.05, 3.63) is 0 Å². The van der Waals surface area contributed by atoms with E-state index in [9.17, 15) is 0 Å². The highest BCUT2D eigenvalue weighted by Gasteiger charge is 2.25. The molecule has 0 heterocycles. The van der Waals surface area contributed by atoms with Gasteiger partial charge in [0.15, 0.2) is 0 Å². The molecule has 0 aliphatic heterocycles. The van der Waals surface area contributed by atoms with Crippen LogP contribution in [0, 0.1) is 0 Å². The van der Waals surface area contributed by atoms with E-state index in [1.807, 2.05) is 23.5 Å². The molecule has 0 aromatic heterocycles. The molecule has 0 spiro atoms. The molecule has 0 aromatic rings. The smallest absolute Gasteiger partial charge is 0.126 e. The minimum Gasteiger partial charge on any atom is -0.190 e. The van der Waals surface area contributed by atoms with Gasteiger partial charge in [0.25, 0.3) is 0 Å². The van der Waals surface area contributed by atoms with Crippen molar-refractivity contribution in [2.45, 2.75) is 51.4 Å². The van der Waals surface area contributed by atoms with E-state index in [4.69, 9.17) is 0 Å². The molecule has 0 saturated carbocycles. The van der Waals surface area contributed by atoms with Crippen molar-refractivity contribution in [2.75, 3.05) is 17.8 Å². The van der Waals surface area contributed by atoms with Crippen molar-refractivity contribution in [3.8, 4) is 0 Å². The fraction of sp³-hybridized carbons (Fsp3) is 1.00. The number of nitrogens with zero attached hydrogens (tertiary/aromatic N) is 2. The van der Waals surface area contributed by atoms with Crippen molar-refractivity contribution in [1.29, 1.82) is 0 Å². The van der Waals surface area contributed by atoms with Crippen LogP contribution in [-0.2, 0) is 0 Å². The highest BCUT2D eigenvalue weighted by Crippen LogP contribution is 2.34. The molecule has 0 radical (unpaired) electrons. The van der Waals surface area contributed by atoms with Crippen LogP contribution in [0.4, 0.5) is 0 Å². The summed E-state index contributed by atoms with van der Waals surface area (Å²) >= 11 is 3.85. The number of hydrogen-bond donors (Lipinski definition) is 0. The molecule has 15 heavy (non-hydrogen) atoms. The van der Waals surface area contributed by atoms with Crippen LogP contribution in [0.15, 0.2) is 10.2 Å². The lowest BCUT2D eigenvalue weighted by molar-refractivity contribution is 0.525. The summed E-state index contributed by atoms with van der Waals surface area (Å²) in [5, 5.41) is 8.86. The lowest BCUT2D eigenvalue weighted by Gasteiger charge is -2.25. The van der Waals surface area contributed by atoms with Crippen LogP contribution in [0.25, 0.3) is 0 Å². The van der Waals surface area contributed by atoms with Crippen molar-refractivity contribution < 1.29 is 0 Å². The quantitative estimate of drug-likeness (QED) is 0.468. The molecule has 0 saturated heterocycles. The molecular weight excluding hydrogens is 224 g/mol. The Kier molecular flexibility index (Phi) is 8.62. The first-order chi connectivity index (χ1) is 7.10. The van der Waals surface area contributed by atoms with Gasteiger partial charge >= 0.3 is 0 Å². The van der Waals surface area contributed by atoms with Gasteiger partial charge in [0.1, 0.15) is 4.87 Å². The Morgan fingerprint density at radius 1 is 1.13 bits per heavy atom. The van der Waals surface area contributed by atoms with Crippen molar-refractivity contribution in [2.24, 2.45) is 10.2 Å². The van der Waals surface area contributed by atoms with Gasteiger partial charge in [0.05, 0.1) is 6.04 Å². The maximum atomic E-state index is 4.54. The zero-order valence-electron chi connectivity index (χ0n) is 10.6. The summed E-state index contributed by atoms with van der Waals surface area (Å²) in [6.07, 6.45) is 4.29. The molecule has 0 rings (SSSR count). The van der Waals surface area contributed by atoms with E-state index in [-0.39, 0.29) is 4.87 Å². The van der Waals surface area contributed by atoms with Crippen LogP contribution in [0.3, 0.4) is 0 Å². The van der Waals surface area contributed by atoms with Gasteiger partial charge in [-0.25, -0.2) is 0 Å². The number of azo groups is 1. The molecule has 0 amide bonds. The normalized spacial score (nSPS) is 12.9. The summed E-state index contributed by atoms with van der Waals surface area (Å²) < 4.78 is 0. The first-order valence-electron chi connectivity index (χ1n) is 5.65. The largest absolute Gasteiger partial charge is 0.190 e. The lowest BCUT2D eigenvalue weighted by Crippen LogP contribution is -2.20. The van der Waals surface area contributed by atoms with E-state index in [2.05, 4.69) is 44.2 Å². The summed E-state index contributed by atoms with van der Waals surface area (Å²) in [6, 6.07) is 0.309.